The van der Waals surface area contributed by atoms with Gasteiger partial charge in [-0.2, -0.15) is 0 Å². The Balaban J connectivity index is 1.63. The number of fused-ring (bicyclic) bond motifs is 1. The van der Waals surface area contributed by atoms with Gasteiger partial charge in [0.1, 0.15) is 23.9 Å². The first-order valence-corrected chi connectivity index (χ1v) is 8.26. The topological polar surface area (TPSA) is 59.8 Å². The van der Waals surface area contributed by atoms with Crippen LogP contribution in [-0.2, 0) is 6.42 Å². The van der Waals surface area contributed by atoms with E-state index in [1.165, 1.54) is 29.2 Å². The van der Waals surface area contributed by atoms with Crippen molar-refractivity contribution in [3.8, 4) is 5.75 Å². The highest BCUT2D eigenvalue weighted by molar-refractivity contribution is 6.03. The number of benzene rings is 1. The maximum absolute atomic E-state index is 12.9. The fraction of sp³-hybridized carbons (Fsp3) is 0.368. The Kier molecular flexibility index (Phi) is 4.88. The Morgan fingerprint density at radius 2 is 2.00 bits per heavy atom. The van der Waals surface area contributed by atoms with Crippen molar-refractivity contribution >= 4 is 11.7 Å². The number of rotatable bonds is 5. The summed E-state index contributed by atoms with van der Waals surface area (Å²) in [6, 6.07) is 5.71. The van der Waals surface area contributed by atoms with Crippen molar-refractivity contribution in [3.05, 3.63) is 52.7 Å². The van der Waals surface area contributed by atoms with Crippen molar-refractivity contribution in [2.45, 2.75) is 26.2 Å². The minimum absolute atomic E-state index is 0.0452. The number of hydrogen-bond donors (Lipinski definition) is 0. The third kappa shape index (κ3) is 3.57. The van der Waals surface area contributed by atoms with Crippen LogP contribution in [0.5, 0.6) is 5.75 Å². The molecule has 0 saturated carbocycles. The van der Waals surface area contributed by atoms with Crippen molar-refractivity contribution in [1.82, 2.24) is 4.90 Å². The molecule has 1 heterocycles. The highest BCUT2D eigenvalue weighted by Gasteiger charge is 2.29. The lowest BCUT2D eigenvalue weighted by Gasteiger charge is -2.16. The van der Waals surface area contributed by atoms with Gasteiger partial charge >= 0.3 is 0 Å². The molecule has 0 aliphatic heterocycles. The number of Topliss-reactive ketones (excluding diaryl/α,β-unsaturated/α-hetero) is 1. The van der Waals surface area contributed by atoms with E-state index in [4.69, 9.17) is 9.15 Å². The van der Waals surface area contributed by atoms with Crippen LogP contribution in [0.1, 0.15) is 45.1 Å². The van der Waals surface area contributed by atoms with Crippen LogP contribution in [0.15, 0.2) is 28.7 Å². The van der Waals surface area contributed by atoms with Crippen LogP contribution in [0.4, 0.5) is 4.39 Å². The third-order valence-electron chi connectivity index (χ3n) is 4.36. The predicted octanol–water partition coefficient (Wildman–Crippen LogP) is 3.40. The molecule has 0 bridgehead atoms. The van der Waals surface area contributed by atoms with E-state index in [1.807, 2.05) is 0 Å². The van der Waals surface area contributed by atoms with Gasteiger partial charge in [-0.15, -0.1) is 0 Å². The van der Waals surface area contributed by atoms with Gasteiger partial charge in [0, 0.05) is 25.5 Å². The summed E-state index contributed by atoms with van der Waals surface area (Å²) in [6.07, 6.45) is 1.95. The molecule has 25 heavy (non-hydrogen) atoms. The van der Waals surface area contributed by atoms with E-state index < -0.39 is 0 Å². The molecule has 0 fully saturated rings. The normalized spacial score (nSPS) is 13.5. The van der Waals surface area contributed by atoms with Crippen LogP contribution in [0.2, 0.25) is 0 Å². The summed E-state index contributed by atoms with van der Waals surface area (Å²) in [6.45, 7) is 2.36. The number of hydrogen-bond acceptors (Lipinski definition) is 4. The van der Waals surface area contributed by atoms with E-state index in [2.05, 4.69) is 0 Å². The largest absolute Gasteiger partial charge is 0.492 e. The van der Waals surface area contributed by atoms with Crippen molar-refractivity contribution in [2.24, 2.45) is 0 Å². The molecule has 0 spiro atoms. The maximum atomic E-state index is 12.9. The Hall–Kier alpha value is -2.63. The lowest BCUT2D eigenvalue weighted by atomic mass is 9.94. The van der Waals surface area contributed by atoms with Gasteiger partial charge < -0.3 is 14.1 Å². The summed E-state index contributed by atoms with van der Waals surface area (Å²) < 4.78 is 24.0. The average Bonchev–Trinajstić information content (AvgIpc) is 2.94. The summed E-state index contributed by atoms with van der Waals surface area (Å²) in [7, 11) is 1.65. The molecule has 1 amide bonds. The summed E-state index contributed by atoms with van der Waals surface area (Å²) in [5.41, 5.74) is 1.20. The van der Waals surface area contributed by atoms with Gasteiger partial charge in [0.25, 0.3) is 5.91 Å². The van der Waals surface area contributed by atoms with Gasteiger partial charge in [-0.25, -0.2) is 4.39 Å². The highest BCUT2D eigenvalue weighted by Crippen LogP contribution is 2.29. The van der Waals surface area contributed by atoms with Gasteiger partial charge in [0.2, 0.25) is 0 Å². The number of aryl methyl sites for hydroxylation is 1. The number of halogens is 1. The van der Waals surface area contributed by atoms with Crippen LogP contribution >= 0.6 is 0 Å². The molecule has 132 valence electrons. The van der Waals surface area contributed by atoms with Crippen LogP contribution in [0.3, 0.4) is 0 Å². The summed E-state index contributed by atoms with van der Waals surface area (Å²) in [5, 5.41) is 0. The van der Waals surface area contributed by atoms with Crippen LogP contribution < -0.4 is 4.74 Å². The molecule has 1 aromatic carbocycles. The zero-order chi connectivity index (χ0) is 18.0. The lowest BCUT2D eigenvalue weighted by Crippen LogP contribution is -2.31. The van der Waals surface area contributed by atoms with E-state index in [-0.39, 0.29) is 29.9 Å². The number of carbonyl (C=O) groups is 2. The molecule has 1 aromatic heterocycles. The fourth-order valence-electron chi connectivity index (χ4n) is 2.96. The number of amides is 1. The monoisotopic (exact) mass is 345 g/mol. The summed E-state index contributed by atoms with van der Waals surface area (Å²) in [5.74, 6) is 0.827. The third-order valence-corrected chi connectivity index (χ3v) is 4.36. The van der Waals surface area contributed by atoms with Crippen LogP contribution in [0.25, 0.3) is 0 Å². The maximum Gasteiger partial charge on any atom is 0.289 e. The lowest BCUT2D eigenvalue weighted by molar-refractivity contribution is 0.0739. The molecule has 1 aliphatic rings. The SMILES string of the molecule is Cc1c(C(=O)N(C)CCOc2ccc(F)cc2)oc2c1C(=O)CCC2. The second-order valence-corrected chi connectivity index (χ2v) is 6.16. The quantitative estimate of drug-likeness (QED) is 0.833. The van der Waals surface area contributed by atoms with Crippen LogP contribution in [-0.4, -0.2) is 36.8 Å². The molecular formula is C19H20FNO4. The predicted molar refractivity (Wildman–Crippen MR) is 89.6 cm³/mol. The Bertz CT molecular complexity index is 795. The molecule has 0 N–H and O–H groups in total. The minimum Gasteiger partial charge on any atom is -0.492 e. The van der Waals surface area contributed by atoms with Crippen molar-refractivity contribution in [1.29, 1.82) is 0 Å². The van der Waals surface area contributed by atoms with Gasteiger partial charge in [-0.3, -0.25) is 9.59 Å². The van der Waals surface area contributed by atoms with Crippen molar-refractivity contribution < 1.29 is 23.1 Å². The smallest absolute Gasteiger partial charge is 0.289 e. The van der Waals surface area contributed by atoms with Gasteiger partial charge in [0.05, 0.1) is 12.1 Å². The first-order valence-electron chi connectivity index (χ1n) is 8.26. The van der Waals surface area contributed by atoms with Gasteiger partial charge in [0.15, 0.2) is 11.5 Å². The second kappa shape index (κ2) is 7.09. The highest BCUT2D eigenvalue weighted by atomic mass is 19.1. The molecular weight excluding hydrogens is 325 g/mol. The Morgan fingerprint density at radius 3 is 2.68 bits per heavy atom. The summed E-state index contributed by atoms with van der Waals surface area (Å²) >= 11 is 0. The van der Waals surface area contributed by atoms with Gasteiger partial charge in [-0.1, -0.05) is 0 Å². The molecule has 1 aliphatic carbocycles. The van der Waals surface area contributed by atoms with Crippen molar-refractivity contribution in [2.75, 3.05) is 20.2 Å². The molecule has 6 heteroatoms. The van der Waals surface area contributed by atoms with E-state index >= 15 is 0 Å². The minimum atomic E-state index is -0.327. The molecule has 0 atom stereocenters. The van der Waals surface area contributed by atoms with E-state index in [0.29, 0.717) is 42.0 Å². The molecule has 0 radical (unpaired) electrons. The molecule has 3 rings (SSSR count). The second-order valence-electron chi connectivity index (χ2n) is 6.16. The number of furan rings is 1. The van der Waals surface area contributed by atoms with Gasteiger partial charge in [-0.05, 0) is 37.6 Å². The standard InChI is InChI=1S/C19H20FNO4/c1-12-17-15(22)4-3-5-16(17)25-18(12)19(23)21(2)10-11-24-14-8-6-13(20)7-9-14/h6-9H,3-5,10-11H2,1-2H3. The number of ketones is 1. The Labute approximate surface area is 145 Å². The first kappa shape index (κ1) is 17.2. The number of carbonyl (C=O) groups excluding carboxylic acids is 2. The number of likely N-dealkylation sites (N-methyl/N-ethyl adjacent to an activating group) is 1. The molecule has 2 aromatic rings. The average molecular weight is 345 g/mol. The molecule has 5 nitrogen and oxygen atoms in total. The number of nitrogens with zero attached hydrogens (tertiary/aromatic N) is 1. The van der Waals surface area contributed by atoms with Crippen LogP contribution in [0, 0.1) is 12.7 Å². The molecule has 0 saturated heterocycles. The zero-order valence-corrected chi connectivity index (χ0v) is 14.3. The Morgan fingerprint density at radius 1 is 1.28 bits per heavy atom. The zero-order valence-electron chi connectivity index (χ0n) is 14.3. The summed E-state index contributed by atoms with van der Waals surface area (Å²) in [4.78, 5) is 26.1. The number of ether oxygens (including phenoxy) is 1. The van der Waals surface area contributed by atoms with E-state index in [9.17, 15) is 14.0 Å². The fourth-order valence-corrected chi connectivity index (χ4v) is 2.96. The van der Waals surface area contributed by atoms with Crippen molar-refractivity contribution in [3.63, 3.8) is 0 Å². The first-order chi connectivity index (χ1) is 12.0. The molecule has 0 unspecified atom stereocenters. The van der Waals surface area contributed by atoms with E-state index in [0.717, 1.165) is 6.42 Å². The van der Waals surface area contributed by atoms with E-state index in [1.54, 1.807) is 14.0 Å².